The largest absolute Gasteiger partial charge is 0.496 e. The molecule has 122 valence electrons. The predicted octanol–water partition coefficient (Wildman–Crippen LogP) is 5.60. The van der Waals surface area contributed by atoms with E-state index in [9.17, 15) is 4.39 Å². The highest BCUT2D eigenvalue weighted by Gasteiger charge is 2.23. The highest BCUT2D eigenvalue weighted by atomic mass is 19.1. The van der Waals surface area contributed by atoms with Crippen LogP contribution in [0.2, 0.25) is 0 Å². The van der Waals surface area contributed by atoms with Crippen LogP contribution in [0.3, 0.4) is 0 Å². The molecule has 0 heterocycles. The van der Waals surface area contributed by atoms with E-state index >= 15 is 0 Å². The minimum absolute atomic E-state index is 0.197. The van der Waals surface area contributed by atoms with E-state index in [1.165, 1.54) is 35.6 Å². The number of hydrogen-bond acceptors (Lipinski definition) is 1. The van der Waals surface area contributed by atoms with E-state index in [-0.39, 0.29) is 11.2 Å². The molecule has 0 aromatic heterocycles. The monoisotopic (exact) mass is 312 g/mol. The van der Waals surface area contributed by atoms with Gasteiger partial charge in [-0.05, 0) is 65.5 Å². The molecule has 0 saturated heterocycles. The van der Waals surface area contributed by atoms with Gasteiger partial charge in [-0.2, -0.15) is 0 Å². The first-order valence-electron chi connectivity index (χ1n) is 8.32. The van der Waals surface area contributed by atoms with E-state index in [0.29, 0.717) is 5.75 Å². The van der Waals surface area contributed by atoms with Gasteiger partial charge in [0.25, 0.3) is 0 Å². The maximum absolute atomic E-state index is 14.5. The molecule has 0 fully saturated rings. The third kappa shape index (κ3) is 2.87. The number of hydrogen-bond donors (Lipinski definition) is 0. The molecule has 1 aliphatic carbocycles. The van der Waals surface area contributed by atoms with E-state index < -0.39 is 0 Å². The Kier molecular flexibility index (Phi) is 3.95. The molecule has 2 heteroatoms. The molecule has 0 amide bonds. The average molecular weight is 312 g/mol. The van der Waals surface area contributed by atoms with Crippen molar-refractivity contribution in [3.05, 3.63) is 52.3 Å². The molecule has 3 rings (SSSR count). The maximum atomic E-state index is 14.5. The SMILES string of the molecule is COc1cc(F)c(C(C)(C)C)cc1-c1cc2c(cc1C)CCC2. The molecule has 2 aromatic carbocycles. The number of fused-ring (bicyclic) bond motifs is 1. The third-order valence-corrected chi connectivity index (χ3v) is 4.83. The van der Waals surface area contributed by atoms with E-state index in [2.05, 4.69) is 19.1 Å². The van der Waals surface area contributed by atoms with Crippen molar-refractivity contribution in [3.8, 4) is 16.9 Å². The molecule has 2 aromatic rings. The predicted molar refractivity (Wildman–Crippen MR) is 93.9 cm³/mol. The lowest BCUT2D eigenvalue weighted by Gasteiger charge is -2.23. The Bertz CT molecular complexity index is 753. The standard InChI is InChI=1S/C21H25FO/c1-13-9-14-7-6-8-15(14)10-16(13)17-11-18(21(2,3)4)19(22)12-20(17)23-5/h9-12H,6-8H2,1-5H3. The minimum atomic E-state index is -0.240. The molecular weight excluding hydrogens is 287 g/mol. The fraction of sp³-hybridized carbons (Fsp3) is 0.429. The van der Waals surface area contributed by atoms with Crippen LogP contribution in [0, 0.1) is 12.7 Å². The Morgan fingerprint density at radius 1 is 0.957 bits per heavy atom. The number of benzene rings is 2. The van der Waals surface area contributed by atoms with Crippen molar-refractivity contribution in [2.75, 3.05) is 7.11 Å². The van der Waals surface area contributed by atoms with Gasteiger partial charge in [0.05, 0.1) is 7.11 Å². The van der Waals surface area contributed by atoms with Crippen LogP contribution < -0.4 is 4.74 Å². The van der Waals surface area contributed by atoms with Crippen molar-refractivity contribution in [2.45, 2.75) is 52.4 Å². The Labute approximate surface area is 138 Å². The van der Waals surface area contributed by atoms with Gasteiger partial charge < -0.3 is 4.74 Å². The van der Waals surface area contributed by atoms with Gasteiger partial charge in [0.15, 0.2) is 0 Å². The zero-order valence-electron chi connectivity index (χ0n) is 14.7. The second kappa shape index (κ2) is 5.67. The summed E-state index contributed by atoms with van der Waals surface area (Å²) in [6.07, 6.45) is 3.54. The molecule has 1 aliphatic rings. The normalized spacial score (nSPS) is 14.0. The Hall–Kier alpha value is -1.83. The van der Waals surface area contributed by atoms with E-state index in [0.717, 1.165) is 23.1 Å². The number of methoxy groups -OCH3 is 1. The summed E-state index contributed by atoms with van der Waals surface area (Å²) in [4.78, 5) is 0. The molecule has 0 saturated carbocycles. The van der Waals surface area contributed by atoms with Gasteiger partial charge >= 0.3 is 0 Å². The van der Waals surface area contributed by atoms with Crippen LogP contribution in [0.1, 0.15) is 49.4 Å². The first-order chi connectivity index (χ1) is 10.8. The van der Waals surface area contributed by atoms with Crippen molar-refractivity contribution in [3.63, 3.8) is 0 Å². The fourth-order valence-electron chi connectivity index (χ4n) is 3.55. The van der Waals surface area contributed by atoms with Gasteiger partial charge in [0.1, 0.15) is 11.6 Å². The summed E-state index contributed by atoms with van der Waals surface area (Å²) >= 11 is 0. The molecule has 23 heavy (non-hydrogen) atoms. The van der Waals surface area contributed by atoms with Crippen LogP contribution in [-0.4, -0.2) is 7.11 Å². The van der Waals surface area contributed by atoms with Crippen LogP contribution in [0.5, 0.6) is 5.75 Å². The number of ether oxygens (including phenoxy) is 1. The van der Waals surface area contributed by atoms with Crippen LogP contribution in [0.15, 0.2) is 24.3 Å². The summed E-state index contributed by atoms with van der Waals surface area (Å²) in [5.74, 6) is 0.411. The first kappa shape index (κ1) is 16.0. The summed E-state index contributed by atoms with van der Waals surface area (Å²) in [6, 6.07) is 8.07. The lowest BCUT2D eigenvalue weighted by atomic mass is 9.84. The molecule has 0 unspecified atom stereocenters. The number of aryl methyl sites for hydroxylation is 3. The fourth-order valence-corrected chi connectivity index (χ4v) is 3.55. The second-order valence-corrected chi connectivity index (χ2v) is 7.57. The zero-order valence-corrected chi connectivity index (χ0v) is 14.7. The van der Waals surface area contributed by atoms with Crippen LogP contribution in [0.4, 0.5) is 4.39 Å². The molecule has 1 nitrogen and oxygen atoms in total. The second-order valence-electron chi connectivity index (χ2n) is 7.57. The molecule has 0 atom stereocenters. The van der Waals surface area contributed by atoms with Crippen molar-refractivity contribution < 1.29 is 9.13 Å². The first-order valence-corrected chi connectivity index (χ1v) is 8.32. The van der Waals surface area contributed by atoms with E-state index in [1.54, 1.807) is 7.11 Å². The summed E-state index contributed by atoms with van der Waals surface area (Å²) in [5, 5.41) is 0. The lowest BCUT2D eigenvalue weighted by molar-refractivity contribution is 0.410. The smallest absolute Gasteiger partial charge is 0.130 e. The molecular formula is C21H25FO. The van der Waals surface area contributed by atoms with Gasteiger partial charge in [-0.3, -0.25) is 0 Å². The minimum Gasteiger partial charge on any atom is -0.496 e. The lowest BCUT2D eigenvalue weighted by Crippen LogP contribution is -2.14. The molecule has 0 N–H and O–H groups in total. The quantitative estimate of drug-likeness (QED) is 0.701. The van der Waals surface area contributed by atoms with Gasteiger partial charge in [0, 0.05) is 11.6 Å². The zero-order chi connectivity index (χ0) is 16.8. The third-order valence-electron chi connectivity index (χ3n) is 4.83. The van der Waals surface area contributed by atoms with Gasteiger partial charge in [0.2, 0.25) is 0 Å². The van der Waals surface area contributed by atoms with Crippen molar-refractivity contribution in [1.29, 1.82) is 0 Å². The van der Waals surface area contributed by atoms with E-state index in [1.807, 2.05) is 26.8 Å². The highest BCUT2D eigenvalue weighted by molar-refractivity contribution is 5.75. The maximum Gasteiger partial charge on any atom is 0.130 e. The van der Waals surface area contributed by atoms with Crippen LogP contribution >= 0.6 is 0 Å². The van der Waals surface area contributed by atoms with Gasteiger partial charge in [-0.1, -0.05) is 32.9 Å². The number of halogens is 1. The van der Waals surface area contributed by atoms with Crippen molar-refractivity contribution in [2.24, 2.45) is 0 Å². The van der Waals surface area contributed by atoms with Crippen LogP contribution in [-0.2, 0) is 18.3 Å². The summed E-state index contributed by atoms with van der Waals surface area (Å²) in [6.45, 7) is 8.25. The van der Waals surface area contributed by atoms with Gasteiger partial charge in [-0.15, -0.1) is 0 Å². The summed E-state index contributed by atoms with van der Waals surface area (Å²) in [5.41, 5.74) is 6.76. The Morgan fingerprint density at radius 3 is 2.22 bits per heavy atom. The molecule has 0 aliphatic heterocycles. The highest BCUT2D eigenvalue weighted by Crippen LogP contribution is 2.39. The summed E-state index contributed by atoms with van der Waals surface area (Å²) in [7, 11) is 1.61. The topological polar surface area (TPSA) is 9.23 Å². The Morgan fingerprint density at radius 2 is 1.61 bits per heavy atom. The number of rotatable bonds is 2. The molecule has 0 radical (unpaired) electrons. The van der Waals surface area contributed by atoms with Crippen molar-refractivity contribution >= 4 is 0 Å². The molecule has 0 bridgehead atoms. The van der Waals surface area contributed by atoms with Gasteiger partial charge in [-0.25, -0.2) is 4.39 Å². The average Bonchev–Trinajstić information content (AvgIpc) is 2.92. The summed E-state index contributed by atoms with van der Waals surface area (Å²) < 4.78 is 20.0. The molecule has 0 spiro atoms. The van der Waals surface area contributed by atoms with Crippen LogP contribution in [0.25, 0.3) is 11.1 Å². The van der Waals surface area contributed by atoms with E-state index in [4.69, 9.17) is 4.74 Å². The van der Waals surface area contributed by atoms with Crippen molar-refractivity contribution in [1.82, 2.24) is 0 Å². The Balaban J connectivity index is 2.23.